The molecule has 0 radical (unpaired) electrons. The number of nitrogens with one attached hydrogen (secondary N) is 1. The van der Waals surface area contributed by atoms with Crippen LogP contribution in [0, 0.1) is 5.82 Å². The molecule has 1 heterocycles. The average molecular weight is 415 g/mol. The van der Waals surface area contributed by atoms with E-state index in [9.17, 15) is 14.0 Å². The first kappa shape index (κ1) is 20.5. The van der Waals surface area contributed by atoms with Crippen molar-refractivity contribution in [1.82, 2.24) is 20.0 Å². The molecule has 0 spiro atoms. The Morgan fingerprint density at radius 3 is 2.69 bits per heavy atom. The van der Waals surface area contributed by atoms with E-state index < -0.39 is 11.7 Å². The van der Waals surface area contributed by atoms with Crippen LogP contribution in [0.15, 0.2) is 60.9 Å². The standard InChI is InChI=1S/C21H20ClFN4O2/c1-26(13-15-12-25-27(14-15)17-5-3-2-4-6-17)20(28)9-10-24-21(29)18-8-7-16(23)11-19(18)22/h2-8,11-12,14H,9-10,13H2,1H3,(H,24,29). The third kappa shape index (κ3) is 5.42. The van der Waals surface area contributed by atoms with E-state index in [1.54, 1.807) is 22.8 Å². The van der Waals surface area contributed by atoms with Crippen LogP contribution in [0.2, 0.25) is 5.02 Å². The highest BCUT2D eigenvalue weighted by Crippen LogP contribution is 2.17. The molecule has 0 fully saturated rings. The fraction of sp³-hybridized carbons (Fsp3) is 0.190. The number of para-hydroxylation sites is 1. The predicted octanol–water partition coefficient (Wildman–Crippen LogP) is 3.44. The number of hydrogen-bond acceptors (Lipinski definition) is 3. The fourth-order valence-corrected chi connectivity index (χ4v) is 3.02. The van der Waals surface area contributed by atoms with Gasteiger partial charge in [0.2, 0.25) is 5.91 Å². The molecule has 0 saturated heterocycles. The first-order chi connectivity index (χ1) is 13.9. The lowest BCUT2D eigenvalue weighted by molar-refractivity contribution is -0.130. The highest BCUT2D eigenvalue weighted by Gasteiger charge is 2.14. The molecule has 1 N–H and O–H groups in total. The number of benzene rings is 2. The molecule has 0 unspecified atom stereocenters. The Balaban J connectivity index is 1.48. The van der Waals surface area contributed by atoms with Crippen LogP contribution in [-0.4, -0.2) is 40.1 Å². The van der Waals surface area contributed by atoms with Crippen LogP contribution in [0.25, 0.3) is 5.69 Å². The Hall–Kier alpha value is -3.19. The normalized spacial score (nSPS) is 10.6. The van der Waals surface area contributed by atoms with E-state index >= 15 is 0 Å². The van der Waals surface area contributed by atoms with Gasteiger partial charge in [-0.2, -0.15) is 5.10 Å². The van der Waals surface area contributed by atoms with Gasteiger partial charge in [0.1, 0.15) is 5.82 Å². The maximum absolute atomic E-state index is 13.1. The molecule has 1 aromatic heterocycles. The quantitative estimate of drug-likeness (QED) is 0.644. The Kier molecular flexibility index (Phi) is 6.61. The number of carbonyl (C=O) groups excluding carboxylic acids is 2. The zero-order chi connectivity index (χ0) is 20.8. The summed E-state index contributed by atoms with van der Waals surface area (Å²) in [5.41, 5.74) is 2.00. The van der Waals surface area contributed by atoms with Crippen molar-refractivity contribution < 1.29 is 14.0 Å². The van der Waals surface area contributed by atoms with Gasteiger partial charge in [-0.05, 0) is 30.3 Å². The molecule has 0 aliphatic rings. The summed E-state index contributed by atoms with van der Waals surface area (Å²) in [6, 6.07) is 13.2. The van der Waals surface area contributed by atoms with E-state index in [0.717, 1.165) is 23.4 Å². The average Bonchev–Trinajstić information content (AvgIpc) is 3.17. The molecule has 29 heavy (non-hydrogen) atoms. The molecule has 0 aliphatic heterocycles. The van der Waals surface area contributed by atoms with Gasteiger partial charge in [0.05, 0.1) is 22.5 Å². The summed E-state index contributed by atoms with van der Waals surface area (Å²) in [5, 5.41) is 6.97. The lowest BCUT2D eigenvalue weighted by atomic mass is 10.2. The number of rotatable bonds is 7. The Morgan fingerprint density at radius 1 is 1.21 bits per heavy atom. The molecule has 2 aromatic carbocycles. The number of carbonyl (C=O) groups is 2. The van der Waals surface area contributed by atoms with Crippen molar-refractivity contribution in [2.45, 2.75) is 13.0 Å². The van der Waals surface area contributed by atoms with Crippen LogP contribution in [0.4, 0.5) is 4.39 Å². The summed E-state index contributed by atoms with van der Waals surface area (Å²) in [6.45, 7) is 0.558. The Labute approximate surface area is 172 Å². The minimum absolute atomic E-state index is 0.0290. The van der Waals surface area contributed by atoms with Gasteiger partial charge in [0.15, 0.2) is 0 Å². The van der Waals surface area contributed by atoms with E-state index in [0.29, 0.717) is 6.54 Å². The fourth-order valence-electron chi connectivity index (χ4n) is 2.77. The van der Waals surface area contributed by atoms with Crippen LogP contribution in [0.1, 0.15) is 22.3 Å². The van der Waals surface area contributed by atoms with Gasteiger partial charge in [-0.1, -0.05) is 29.8 Å². The number of nitrogens with zero attached hydrogens (tertiary/aromatic N) is 3. The maximum Gasteiger partial charge on any atom is 0.252 e. The molecule has 150 valence electrons. The lowest BCUT2D eigenvalue weighted by Gasteiger charge is -2.16. The number of amides is 2. The molecule has 3 aromatic rings. The smallest absolute Gasteiger partial charge is 0.252 e. The van der Waals surface area contributed by atoms with Crippen LogP contribution < -0.4 is 5.32 Å². The third-order valence-corrected chi connectivity index (χ3v) is 4.62. The van der Waals surface area contributed by atoms with Crippen molar-refractivity contribution >= 4 is 23.4 Å². The monoisotopic (exact) mass is 414 g/mol. The molecule has 0 saturated carbocycles. The van der Waals surface area contributed by atoms with Crippen molar-refractivity contribution in [2.24, 2.45) is 0 Å². The van der Waals surface area contributed by atoms with Crippen molar-refractivity contribution in [1.29, 1.82) is 0 Å². The van der Waals surface area contributed by atoms with Crippen LogP contribution in [0.3, 0.4) is 0 Å². The second kappa shape index (κ2) is 9.34. The molecule has 8 heteroatoms. The van der Waals surface area contributed by atoms with Crippen molar-refractivity contribution in [3.05, 3.63) is 82.9 Å². The maximum atomic E-state index is 13.1. The number of aromatic nitrogens is 2. The lowest BCUT2D eigenvalue weighted by Crippen LogP contribution is -2.32. The van der Waals surface area contributed by atoms with Gasteiger partial charge < -0.3 is 10.2 Å². The first-order valence-corrected chi connectivity index (χ1v) is 9.38. The third-order valence-electron chi connectivity index (χ3n) is 4.30. The first-order valence-electron chi connectivity index (χ1n) is 9.00. The summed E-state index contributed by atoms with van der Waals surface area (Å²) in [6.07, 6.45) is 3.72. The van der Waals surface area contributed by atoms with Crippen molar-refractivity contribution in [3.63, 3.8) is 0 Å². The van der Waals surface area contributed by atoms with Gasteiger partial charge in [0, 0.05) is 38.3 Å². The highest BCUT2D eigenvalue weighted by molar-refractivity contribution is 6.33. The molecule has 6 nitrogen and oxygen atoms in total. The second-order valence-corrected chi connectivity index (χ2v) is 6.92. The highest BCUT2D eigenvalue weighted by atomic mass is 35.5. The van der Waals surface area contributed by atoms with Crippen LogP contribution in [0.5, 0.6) is 0 Å². The minimum Gasteiger partial charge on any atom is -0.351 e. The zero-order valence-electron chi connectivity index (χ0n) is 15.8. The summed E-state index contributed by atoms with van der Waals surface area (Å²) < 4.78 is 14.8. The zero-order valence-corrected chi connectivity index (χ0v) is 16.6. The summed E-state index contributed by atoms with van der Waals surface area (Å²) in [4.78, 5) is 26.0. The van der Waals surface area contributed by atoms with E-state index in [-0.39, 0.29) is 29.5 Å². The molecule has 2 amide bonds. The number of halogens is 2. The topological polar surface area (TPSA) is 67.2 Å². The summed E-state index contributed by atoms with van der Waals surface area (Å²) >= 11 is 5.87. The SMILES string of the molecule is CN(Cc1cnn(-c2ccccc2)c1)C(=O)CCNC(=O)c1ccc(F)cc1Cl. The minimum atomic E-state index is -0.515. The molecular weight excluding hydrogens is 395 g/mol. The van der Waals surface area contributed by atoms with E-state index in [4.69, 9.17) is 11.6 Å². The molecule has 0 aliphatic carbocycles. The van der Waals surface area contributed by atoms with E-state index in [1.807, 2.05) is 36.5 Å². The largest absolute Gasteiger partial charge is 0.351 e. The van der Waals surface area contributed by atoms with Crippen molar-refractivity contribution in [3.8, 4) is 5.69 Å². The molecule has 3 rings (SSSR count). The Morgan fingerprint density at radius 2 is 1.97 bits per heavy atom. The summed E-state index contributed by atoms with van der Waals surface area (Å²) in [5.74, 6) is -1.09. The van der Waals surface area contributed by atoms with Gasteiger partial charge in [-0.15, -0.1) is 0 Å². The van der Waals surface area contributed by atoms with Gasteiger partial charge >= 0.3 is 0 Å². The molecular formula is C21H20ClFN4O2. The molecule has 0 atom stereocenters. The van der Waals surface area contributed by atoms with Crippen molar-refractivity contribution in [2.75, 3.05) is 13.6 Å². The van der Waals surface area contributed by atoms with Crippen LogP contribution >= 0.6 is 11.6 Å². The van der Waals surface area contributed by atoms with E-state index in [2.05, 4.69) is 10.4 Å². The van der Waals surface area contributed by atoms with Gasteiger partial charge in [-0.25, -0.2) is 9.07 Å². The van der Waals surface area contributed by atoms with Gasteiger partial charge in [-0.3, -0.25) is 9.59 Å². The second-order valence-electron chi connectivity index (χ2n) is 6.51. The summed E-state index contributed by atoms with van der Waals surface area (Å²) in [7, 11) is 1.70. The van der Waals surface area contributed by atoms with Crippen LogP contribution in [-0.2, 0) is 11.3 Å². The Bertz CT molecular complexity index is 1010. The van der Waals surface area contributed by atoms with Gasteiger partial charge in [0.25, 0.3) is 5.91 Å². The van der Waals surface area contributed by atoms with E-state index in [1.165, 1.54) is 6.07 Å². The predicted molar refractivity (Wildman–Crippen MR) is 108 cm³/mol. The number of hydrogen-bond donors (Lipinski definition) is 1. The molecule has 0 bridgehead atoms.